The zero-order valence-electron chi connectivity index (χ0n) is 5.19. The molecule has 0 atom stereocenters. The monoisotopic (exact) mass is 109 g/mol. The Bertz CT molecular complexity index is 76.6. The Labute approximate surface area is 51.4 Å². The van der Waals surface area contributed by atoms with Crippen LogP contribution in [0.5, 0.6) is 0 Å². The Morgan fingerprint density at radius 2 is 2.00 bits per heavy atom. The van der Waals surface area contributed by atoms with Crippen LogP contribution in [0.25, 0.3) is 0 Å². The van der Waals surface area contributed by atoms with E-state index in [9.17, 15) is 0 Å². The topological polar surface area (TPSA) is 12.0 Å². The summed E-state index contributed by atoms with van der Waals surface area (Å²) in [5.41, 5.74) is 0. The second-order valence-corrected chi connectivity index (χ2v) is 2.32. The van der Waals surface area contributed by atoms with Crippen molar-refractivity contribution >= 4 is 13.4 Å². The summed E-state index contributed by atoms with van der Waals surface area (Å²) >= 11 is 0. The zero-order valence-corrected chi connectivity index (χ0v) is 5.19. The van der Waals surface area contributed by atoms with Gasteiger partial charge in [-0.25, -0.2) is 0 Å². The van der Waals surface area contributed by atoms with Gasteiger partial charge in [-0.1, -0.05) is 0 Å². The van der Waals surface area contributed by atoms with Crippen LogP contribution < -0.4 is 5.32 Å². The van der Waals surface area contributed by atoms with E-state index in [4.69, 9.17) is 0 Å². The summed E-state index contributed by atoms with van der Waals surface area (Å²) in [7, 11) is 0. The summed E-state index contributed by atoms with van der Waals surface area (Å²) in [4.78, 5) is 0. The van der Waals surface area contributed by atoms with Crippen molar-refractivity contribution in [2.24, 2.45) is 0 Å². The first-order valence-electron chi connectivity index (χ1n) is 3.27. The van der Waals surface area contributed by atoms with Crippen molar-refractivity contribution in [1.29, 1.82) is 0 Å². The van der Waals surface area contributed by atoms with Crippen LogP contribution in [0.2, 0.25) is 5.82 Å². The van der Waals surface area contributed by atoms with Gasteiger partial charge in [0.1, 0.15) is 0 Å². The molecular formula is C6H12BN. The fourth-order valence-electron chi connectivity index (χ4n) is 1.08. The second-order valence-electron chi connectivity index (χ2n) is 2.32. The molecule has 0 saturated carbocycles. The number of hydrogen-bond acceptors (Lipinski definition) is 1. The van der Waals surface area contributed by atoms with Gasteiger partial charge in [0.25, 0.3) is 0 Å². The van der Waals surface area contributed by atoms with E-state index in [-0.39, 0.29) is 0 Å². The first-order chi connectivity index (χ1) is 3.93. The molecule has 2 heteroatoms. The molecule has 0 bridgehead atoms. The predicted molar refractivity (Wildman–Crippen MR) is 38.7 cm³/mol. The Morgan fingerprint density at radius 3 is 2.38 bits per heavy atom. The van der Waals surface area contributed by atoms with Crippen molar-refractivity contribution in [3.05, 3.63) is 0 Å². The van der Waals surface area contributed by atoms with E-state index in [1.54, 1.807) is 0 Å². The van der Waals surface area contributed by atoms with Crippen LogP contribution in [0.3, 0.4) is 0 Å². The summed E-state index contributed by atoms with van der Waals surface area (Å²) in [6.07, 6.45) is 2.56. The van der Waals surface area contributed by atoms with Gasteiger partial charge < -0.3 is 0 Å². The maximum atomic E-state index is 3.76. The molecule has 0 aromatic rings. The third-order valence-electron chi connectivity index (χ3n) is 1.72. The van der Waals surface area contributed by atoms with Crippen LogP contribution in [0.4, 0.5) is 0 Å². The van der Waals surface area contributed by atoms with E-state index in [2.05, 4.69) is 18.7 Å². The van der Waals surface area contributed by atoms with Gasteiger partial charge in [-0.15, -0.1) is 0 Å². The summed E-state index contributed by atoms with van der Waals surface area (Å²) in [6, 6.07) is 0. The van der Waals surface area contributed by atoms with Crippen LogP contribution >= 0.6 is 0 Å². The Kier molecular flexibility index (Phi) is 2.28. The molecule has 0 aliphatic carbocycles. The molecule has 1 aliphatic rings. The van der Waals surface area contributed by atoms with Crippen LogP contribution in [0.15, 0.2) is 0 Å². The fourth-order valence-corrected chi connectivity index (χ4v) is 1.08. The molecule has 0 aromatic carbocycles. The first-order valence-corrected chi connectivity index (χ1v) is 3.27. The van der Waals surface area contributed by atoms with Crippen LogP contribution in [-0.4, -0.2) is 26.5 Å². The van der Waals surface area contributed by atoms with Crippen LogP contribution in [0, 0.1) is 0 Å². The van der Waals surface area contributed by atoms with Gasteiger partial charge in [0, 0.05) is 0 Å². The third-order valence-corrected chi connectivity index (χ3v) is 1.72. The molecule has 0 amide bonds. The van der Waals surface area contributed by atoms with Crippen molar-refractivity contribution in [2.75, 3.05) is 13.1 Å². The molecule has 0 aromatic heterocycles. The Balaban J connectivity index is 2.22. The van der Waals surface area contributed by atoms with E-state index >= 15 is 0 Å². The van der Waals surface area contributed by atoms with E-state index < -0.39 is 0 Å². The zero-order chi connectivity index (χ0) is 5.82. The number of nitrogens with one attached hydrogen (secondary N) is 1. The summed E-state index contributed by atoms with van der Waals surface area (Å²) in [5, 5.41) is 3.30. The predicted octanol–water partition coefficient (Wildman–Crippen LogP) is 0.295. The second kappa shape index (κ2) is 3.03. The molecule has 0 radical (unpaired) electrons. The van der Waals surface area contributed by atoms with Gasteiger partial charge in [0.2, 0.25) is 0 Å². The van der Waals surface area contributed by atoms with Gasteiger partial charge in [-0.2, -0.15) is 0 Å². The van der Waals surface area contributed by atoms with Crippen LogP contribution in [-0.2, 0) is 0 Å². The molecule has 1 nitrogen and oxygen atoms in total. The first kappa shape index (κ1) is 6.02. The van der Waals surface area contributed by atoms with Gasteiger partial charge in [0.15, 0.2) is 0 Å². The van der Waals surface area contributed by atoms with Crippen molar-refractivity contribution in [2.45, 2.75) is 18.7 Å². The summed E-state index contributed by atoms with van der Waals surface area (Å²) < 4.78 is 0. The number of piperidine rings is 1. The fraction of sp³-hybridized carbons (Fsp3) is 0.833. The van der Waals surface area contributed by atoms with Gasteiger partial charge in [-0.05, 0) is 0 Å². The standard InChI is InChI=1S/C6H12BN/c1-7-6-2-4-8-5-3-6/h6,8H,1-5H2. The molecular weight excluding hydrogens is 96.9 g/mol. The summed E-state index contributed by atoms with van der Waals surface area (Å²) in [6.45, 7) is 8.18. The summed E-state index contributed by atoms with van der Waals surface area (Å²) in [5.74, 6) is 0.788. The van der Waals surface area contributed by atoms with E-state index in [0.717, 1.165) is 5.82 Å². The van der Waals surface area contributed by atoms with E-state index in [1.807, 2.05) is 0 Å². The normalized spacial score (nSPS) is 22.5. The SMILES string of the molecule is C=BC1CCNCC1. The number of rotatable bonds is 1. The Morgan fingerprint density at radius 1 is 1.38 bits per heavy atom. The van der Waals surface area contributed by atoms with Crippen molar-refractivity contribution < 1.29 is 0 Å². The molecule has 1 saturated heterocycles. The average Bonchev–Trinajstić information content (AvgIpc) is 1.90. The van der Waals surface area contributed by atoms with E-state index in [1.165, 1.54) is 25.9 Å². The molecule has 8 heavy (non-hydrogen) atoms. The van der Waals surface area contributed by atoms with Crippen LogP contribution in [0.1, 0.15) is 12.8 Å². The van der Waals surface area contributed by atoms with Crippen molar-refractivity contribution in [3.63, 3.8) is 0 Å². The molecule has 1 aliphatic heterocycles. The Hall–Kier alpha value is -0.105. The molecule has 0 unspecified atom stereocenters. The average molecular weight is 109 g/mol. The third kappa shape index (κ3) is 1.44. The number of hydrogen-bond donors (Lipinski definition) is 1. The molecule has 1 N–H and O–H groups in total. The van der Waals surface area contributed by atoms with Crippen molar-refractivity contribution in [1.82, 2.24) is 5.32 Å². The quantitative estimate of drug-likeness (QED) is 0.477. The maximum absolute atomic E-state index is 3.76. The van der Waals surface area contributed by atoms with E-state index in [0.29, 0.717) is 0 Å². The molecule has 44 valence electrons. The van der Waals surface area contributed by atoms with Gasteiger partial charge in [-0.3, -0.25) is 0 Å². The van der Waals surface area contributed by atoms with Gasteiger partial charge >= 0.3 is 50.5 Å². The molecule has 1 rings (SSSR count). The van der Waals surface area contributed by atoms with Crippen molar-refractivity contribution in [3.8, 4) is 0 Å². The molecule has 1 fully saturated rings. The minimum atomic E-state index is 0.788. The minimum absolute atomic E-state index is 0.788. The van der Waals surface area contributed by atoms with Gasteiger partial charge in [0.05, 0.1) is 0 Å². The molecule has 0 spiro atoms. The molecule has 1 heterocycles.